The Kier molecular flexibility index (Phi) is 5.66. The van der Waals surface area contributed by atoms with E-state index < -0.39 is 10.8 Å². The highest BCUT2D eigenvalue weighted by Gasteiger charge is 2.23. The molecule has 1 fully saturated rings. The van der Waals surface area contributed by atoms with Gasteiger partial charge in [-0.05, 0) is 30.7 Å². The van der Waals surface area contributed by atoms with Crippen LogP contribution in [0.4, 0.5) is 15.8 Å². The van der Waals surface area contributed by atoms with Gasteiger partial charge in [-0.3, -0.25) is 14.9 Å². The summed E-state index contributed by atoms with van der Waals surface area (Å²) in [4.78, 5) is 25.5. The molecule has 0 aliphatic carbocycles. The fourth-order valence-electron chi connectivity index (χ4n) is 3.01. The van der Waals surface area contributed by atoms with E-state index in [0.29, 0.717) is 32.0 Å². The third-order valence-electron chi connectivity index (χ3n) is 4.50. The van der Waals surface area contributed by atoms with Crippen LogP contribution >= 0.6 is 0 Å². The van der Waals surface area contributed by atoms with Crippen molar-refractivity contribution in [1.82, 2.24) is 5.32 Å². The number of anilines is 1. The second-order valence-electron chi connectivity index (χ2n) is 6.30. The first-order valence-electron chi connectivity index (χ1n) is 8.63. The van der Waals surface area contributed by atoms with Crippen LogP contribution in [0.25, 0.3) is 0 Å². The van der Waals surface area contributed by atoms with Gasteiger partial charge in [-0.15, -0.1) is 0 Å². The number of nitro benzene ring substituents is 1. The molecular formula is C19H20FN3O4. The Labute approximate surface area is 155 Å². The number of non-ortho nitro benzene ring substituents is 1. The van der Waals surface area contributed by atoms with E-state index in [4.69, 9.17) is 4.74 Å². The molecule has 1 heterocycles. The zero-order valence-electron chi connectivity index (χ0n) is 14.9. The maximum absolute atomic E-state index is 13.1. The Balaban J connectivity index is 1.87. The summed E-state index contributed by atoms with van der Waals surface area (Å²) in [5, 5.41) is 14.0. The summed E-state index contributed by atoms with van der Waals surface area (Å²) in [5.74, 6) is -0.775. The number of hydrogen-bond donors (Lipinski definition) is 1. The van der Waals surface area contributed by atoms with Gasteiger partial charge in [0.05, 0.1) is 35.4 Å². The van der Waals surface area contributed by atoms with E-state index in [9.17, 15) is 19.3 Å². The number of nitrogens with zero attached hydrogens (tertiary/aromatic N) is 2. The molecule has 1 atom stereocenters. The van der Waals surface area contributed by atoms with Gasteiger partial charge in [-0.2, -0.15) is 0 Å². The van der Waals surface area contributed by atoms with Crippen LogP contribution in [0.2, 0.25) is 0 Å². The summed E-state index contributed by atoms with van der Waals surface area (Å²) in [6, 6.07) is 9.74. The zero-order chi connectivity index (χ0) is 19.4. The first-order chi connectivity index (χ1) is 13.0. The first-order valence-corrected chi connectivity index (χ1v) is 8.63. The molecule has 0 bridgehead atoms. The Hall–Kier alpha value is -3.00. The van der Waals surface area contributed by atoms with Gasteiger partial charge in [-0.1, -0.05) is 12.1 Å². The smallest absolute Gasteiger partial charge is 0.270 e. The van der Waals surface area contributed by atoms with E-state index in [0.717, 1.165) is 5.56 Å². The van der Waals surface area contributed by atoms with Crippen molar-refractivity contribution in [2.75, 3.05) is 31.2 Å². The van der Waals surface area contributed by atoms with Crippen molar-refractivity contribution >= 4 is 17.3 Å². The minimum absolute atomic E-state index is 0.147. The van der Waals surface area contributed by atoms with Crippen LogP contribution in [-0.4, -0.2) is 37.1 Å². The molecule has 0 spiro atoms. The van der Waals surface area contributed by atoms with Crippen molar-refractivity contribution in [1.29, 1.82) is 0 Å². The molecule has 0 aromatic heterocycles. The molecule has 2 aromatic carbocycles. The number of hydrogen-bond acceptors (Lipinski definition) is 5. The van der Waals surface area contributed by atoms with Crippen LogP contribution in [0.3, 0.4) is 0 Å². The maximum atomic E-state index is 13.1. The van der Waals surface area contributed by atoms with Gasteiger partial charge < -0.3 is 15.0 Å². The Morgan fingerprint density at radius 2 is 1.89 bits per heavy atom. The molecular weight excluding hydrogens is 353 g/mol. The van der Waals surface area contributed by atoms with Gasteiger partial charge in [0, 0.05) is 25.2 Å². The number of ether oxygens (including phenoxy) is 1. The van der Waals surface area contributed by atoms with Crippen molar-refractivity contribution in [3.63, 3.8) is 0 Å². The molecule has 1 amide bonds. The van der Waals surface area contributed by atoms with E-state index in [1.165, 1.54) is 24.3 Å². The van der Waals surface area contributed by atoms with E-state index in [1.807, 2.05) is 4.90 Å². The number of nitrogens with one attached hydrogen (secondary N) is 1. The number of morpholine rings is 1. The number of rotatable bonds is 5. The molecule has 2 aromatic rings. The summed E-state index contributed by atoms with van der Waals surface area (Å²) in [6.45, 7) is 4.04. The molecule has 0 unspecified atom stereocenters. The summed E-state index contributed by atoms with van der Waals surface area (Å²) in [5.41, 5.74) is 1.46. The van der Waals surface area contributed by atoms with E-state index >= 15 is 0 Å². The number of nitro groups is 1. The average molecular weight is 373 g/mol. The highest BCUT2D eigenvalue weighted by atomic mass is 19.1. The highest BCUT2D eigenvalue weighted by Crippen LogP contribution is 2.27. The van der Waals surface area contributed by atoms with Crippen LogP contribution in [-0.2, 0) is 4.74 Å². The average Bonchev–Trinajstić information content (AvgIpc) is 2.68. The predicted molar refractivity (Wildman–Crippen MR) is 98.4 cm³/mol. The number of carbonyl (C=O) groups excluding carboxylic acids is 1. The van der Waals surface area contributed by atoms with Crippen LogP contribution in [0.5, 0.6) is 0 Å². The Morgan fingerprint density at radius 1 is 1.22 bits per heavy atom. The quantitative estimate of drug-likeness (QED) is 0.643. The van der Waals surface area contributed by atoms with Gasteiger partial charge in [0.15, 0.2) is 0 Å². The van der Waals surface area contributed by atoms with Crippen molar-refractivity contribution in [2.24, 2.45) is 0 Å². The standard InChI is InChI=1S/C19H20FN3O4/c1-13(14-2-4-15(20)5-3-14)21-19(24)17-12-16(23(25)26)6-7-18(17)22-8-10-27-11-9-22/h2-7,12-13H,8-11H2,1H3,(H,21,24)/t13-/m1/s1. The van der Waals surface area contributed by atoms with Gasteiger partial charge in [0.1, 0.15) is 5.82 Å². The molecule has 1 N–H and O–H groups in total. The van der Waals surface area contributed by atoms with Crippen molar-refractivity contribution in [3.8, 4) is 0 Å². The van der Waals surface area contributed by atoms with Crippen molar-refractivity contribution in [3.05, 3.63) is 69.5 Å². The molecule has 8 heteroatoms. The molecule has 0 saturated carbocycles. The fraction of sp³-hybridized carbons (Fsp3) is 0.316. The molecule has 0 radical (unpaired) electrons. The molecule has 7 nitrogen and oxygen atoms in total. The van der Waals surface area contributed by atoms with E-state index in [1.54, 1.807) is 25.1 Å². The number of amides is 1. The van der Waals surface area contributed by atoms with Gasteiger partial charge >= 0.3 is 0 Å². The van der Waals surface area contributed by atoms with Crippen LogP contribution < -0.4 is 10.2 Å². The summed E-state index contributed by atoms with van der Waals surface area (Å²) >= 11 is 0. The topological polar surface area (TPSA) is 84.7 Å². The third kappa shape index (κ3) is 4.40. The number of halogens is 1. The predicted octanol–water partition coefficient (Wildman–Crippen LogP) is 3.06. The largest absolute Gasteiger partial charge is 0.378 e. The maximum Gasteiger partial charge on any atom is 0.270 e. The lowest BCUT2D eigenvalue weighted by atomic mass is 10.1. The fourth-order valence-corrected chi connectivity index (χ4v) is 3.01. The van der Waals surface area contributed by atoms with Crippen LogP contribution in [0, 0.1) is 15.9 Å². The summed E-state index contributed by atoms with van der Waals surface area (Å²) in [6.07, 6.45) is 0. The highest BCUT2D eigenvalue weighted by molar-refractivity contribution is 6.00. The van der Waals surface area contributed by atoms with Crippen LogP contribution in [0.15, 0.2) is 42.5 Å². The zero-order valence-corrected chi connectivity index (χ0v) is 14.9. The molecule has 1 aliphatic heterocycles. The monoisotopic (exact) mass is 373 g/mol. The summed E-state index contributed by atoms with van der Waals surface area (Å²) < 4.78 is 18.4. The molecule has 1 aliphatic rings. The Bertz CT molecular complexity index is 835. The third-order valence-corrected chi connectivity index (χ3v) is 4.50. The van der Waals surface area contributed by atoms with Crippen molar-refractivity contribution < 1.29 is 18.8 Å². The summed E-state index contributed by atoms with van der Waals surface area (Å²) in [7, 11) is 0. The minimum Gasteiger partial charge on any atom is -0.378 e. The first kappa shape index (κ1) is 18.8. The van der Waals surface area contributed by atoms with E-state index in [2.05, 4.69) is 5.32 Å². The molecule has 142 valence electrons. The Morgan fingerprint density at radius 3 is 2.52 bits per heavy atom. The van der Waals surface area contributed by atoms with E-state index in [-0.39, 0.29) is 23.1 Å². The molecule has 27 heavy (non-hydrogen) atoms. The second-order valence-corrected chi connectivity index (χ2v) is 6.30. The van der Waals surface area contributed by atoms with Crippen LogP contribution in [0.1, 0.15) is 28.9 Å². The minimum atomic E-state index is -0.525. The molecule has 1 saturated heterocycles. The van der Waals surface area contributed by atoms with Crippen molar-refractivity contribution in [2.45, 2.75) is 13.0 Å². The number of benzene rings is 2. The van der Waals surface area contributed by atoms with Gasteiger partial charge in [-0.25, -0.2) is 4.39 Å². The van der Waals surface area contributed by atoms with Gasteiger partial charge in [0.25, 0.3) is 11.6 Å². The SMILES string of the molecule is C[C@@H](NC(=O)c1cc([N+](=O)[O-])ccc1N1CCOCC1)c1ccc(F)cc1. The number of carbonyl (C=O) groups is 1. The lowest BCUT2D eigenvalue weighted by Gasteiger charge is -2.30. The normalized spacial score (nSPS) is 15.3. The molecule has 3 rings (SSSR count). The second kappa shape index (κ2) is 8.13. The lowest BCUT2D eigenvalue weighted by molar-refractivity contribution is -0.384. The van der Waals surface area contributed by atoms with Gasteiger partial charge in [0.2, 0.25) is 0 Å². The lowest BCUT2D eigenvalue weighted by Crippen LogP contribution is -2.38.